The van der Waals surface area contributed by atoms with Crippen LogP contribution >= 0.6 is 0 Å². The van der Waals surface area contributed by atoms with E-state index in [2.05, 4.69) is 0 Å². The zero-order valence-corrected chi connectivity index (χ0v) is 5.29. The molecule has 0 bridgehead atoms. The van der Waals surface area contributed by atoms with Crippen LogP contribution in [0.15, 0.2) is 0 Å². The van der Waals surface area contributed by atoms with Crippen LogP contribution in [-0.2, 0) is 34.1 Å². The predicted molar refractivity (Wildman–Crippen MR) is 26.4 cm³/mol. The predicted octanol–water partition coefficient (Wildman–Crippen LogP) is -2.35. The first-order valence-electron chi connectivity index (χ1n) is 0.651. The van der Waals surface area contributed by atoms with Gasteiger partial charge >= 0.3 is 29.2 Å². The van der Waals surface area contributed by atoms with Gasteiger partial charge in [-0.3, -0.25) is 0 Å². The number of hydrogen-bond donors (Lipinski definition) is 2. The Kier molecular flexibility index (Phi) is 203. The van der Waals surface area contributed by atoms with Crippen LogP contribution in [0.2, 0.25) is 0 Å². The van der Waals surface area contributed by atoms with Gasteiger partial charge in [-0.1, -0.05) is 0 Å². The minimum Gasteiger partial charge on any atom is -0.450 e. The molecule has 0 saturated carbocycles. The van der Waals surface area contributed by atoms with Crippen molar-refractivity contribution in [3.63, 3.8) is 0 Å². The van der Waals surface area contributed by atoms with Crippen LogP contribution in [0.5, 0.6) is 0 Å². The maximum atomic E-state index is 8.56. The summed E-state index contributed by atoms with van der Waals surface area (Å²) in [4.78, 5) is 8.56. The number of carbonyl (C=O) groups is 1. The summed E-state index contributed by atoms with van der Waals surface area (Å²) in [5.74, 6) is 0. The van der Waals surface area contributed by atoms with Crippen molar-refractivity contribution in [1.29, 1.82) is 0 Å². The summed E-state index contributed by atoms with van der Waals surface area (Å²) in [5.41, 5.74) is 0. The van der Waals surface area contributed by atoms with E-state index in [1.807, 2.05) is 0 Å². The average molecular weight is 251 g/mol. The quantitative estimate of drug-likeness (QED) is 0.469. The van der Waals surface area contributed by atoms with Gasteiger partial charge in [-0.25, -0.2) is 4.79 Å². The van der Waals surface area contributed by atoms with Crippen LogP contribution in [-0.4, -0.2) is 50.4 Å². The molecule has 0 unspecified atom stereocenters. The molecule has 0 rings (SSSR count). The average Bonchev–Trinajstić information content (AvgIpc) is 0.811. The standard InChI is InChI=1S/CH2O3.2Cu.Mg.2H2O.2H/c2-1(3)4;;;;;;;/h(H2,2,3,4);;;;2*1H2;;. The smallest absolute Gasteiger partial charge is 0.450 e. The van der Waals surface area contributed by atoms with Crippen LogP contribution in [0.4, 0.5) is 4.79 Å². The molecule has 0 aliphatic carbocycles. The van der Waals surface area contributed by atoms with Gasteiger partial charge in [-0.2, -0.15) is 0 Å². The van der Waals surface area contributed by atoms with Crippen LogP contribution in [0.3, 0.4) is 0 Å². The van der Waals surface area contributed by atoms with Crippen LogP contribution in [0.1, 0.15) is 0 Å². The van der Waals surface area contributed by atoms with Crippen molar-refractivity contribution in [2.45, 2.75) is 0 Å². The maximum Gasteiger partial charge on any atom is 0.503 e. The summed E-state index contributed by atoms with van der Waals surface area (Å²) >= 11 is 0. The molecule has 2 radical (unpaired) electrons. The van der Waals surface area contributed by atoms with Gasteiger partial charge in [-0.05, 0) is 0 Å². The zero-order valence-electron chi connectivity index (χ0n) is 3.41. The fraction of sp³-hybridized carbons (Fsp3) is 0. The Balaban J connectivity index is -0.00000000450. The summed E-state index contributed by atoms with van der Waals surface area (Å²) in [7, 11) is 0. The first-order valence-corrected chi connectivity index (χ1v) is 0.651. The van der Waals surface area contributed by atoms with E-state index in [9.17, 15) is 0 Å². The Morgan fingerprint density at radius 1 is 1.00 bits per heavy atom. The molecule has 0 aromatic rings. The molecular weight excluding hydrogens is 243 g/mol. The fourth-order valence-electron chi connectivity index (χ4n) is 0. The Morgan fingerprint density at radius 3 is 1.00 bits per heavy atom. The molecule has 0 amide bonds. The van der Waals surface area contributed by atoms with Gasteiger partial charge in [0.25, 0.3) is 0 Å². The Bertz CT molecular complexity index is 37.9. The second-order valence-electron chi connectivity index (χ2n) is 0.283. The number of carboxylic acid groups (broad SMARTS) is 2. The Morgan fingerprint density at radius 2 is 1.00 bits per heavy atom. The van der Waals surface area contributed by atoms with E-state index in [1.54, 1.807) is 0 Å². The summed E-state index contributed by atoms with van der Waals surface area (Å²) in [5, 5.41) is 13.9. The third-order valence-corrected chi connectivity index (χ3v) is 0. The molecule has 0 aromatic carbocycles. The molecule has 66 valence electrons. The van der Waals surface area contributed by atoms with E-state index in [4.69, 9.17) is 15.0 Å². The SMILES string of the molecule is O.O.O=C(O)O.[Cu].[Cu].[MgH2]. The third kappa shape index (κ3) is 444. The van der Waals surface area contributed by atoms with Crippen molar-refractivity contribution in [3.05, 3.63) is 0 Å². The van der Waals surface area contributed by atoms with Crippen LogP contribution < -0.4 is 0 Å². The van der Waals surface area contributed by atoms with E-state index in [1.165, 1.54) is 0 Å². The normalized spacial score (nSPS) is 2.67. The van der Waals surface area contributed by atoms with E-state index < -0.39 is 6.16 Å². The van der Waals surface area contributed by atoms with Crippen molar-refractivity contribution in [1.82, 2.24) is 0 Å². The van der Waals surface area contributed by atoms with Crippen molar-refractivity contribution in [2.24, 2.45) is 0 Å². The second kappa shape index (κ2) is 36.0. The minimum absolute atomic E-state index is 0. The number of rotatable bonds is 0. The van der Waals surface area contributed by atoms with Crippen molar-refractivity contribution in [3.8, 4) is 0 Å². The van der Waals surface area contributed by atoms with Crippen molar-refractivity contribution < 1.29 is 60.1 Å². The molecule has 0 fully saturated rings. The first-order chi connectivity index (χ1) is 1.73. The first kappa shape index (κ1) is 50.7. The summed E-state index contributed by atoms with van der Waals surface area (Å²) in [6, 6.07) is 0. The van der Waals surface area contributed by atoms with Gasteiger partial charge in [0.15, 0.2) is 0 Å². The summed E-state index contributed by atoms with van der Waals surface area (Å²) in [6.07, 6.45) is -1.83. The fourth-order valence-corrected chi connectivity index (χ4v) is 0. The van der Waals surface area contributed by atoms with Gasteiger partial charge in [0, 0.05) is 34.1 Å². The Hall–Kier alpha value is 0.995. The van der Waals surface area contributed by atoms with E-state index in [-0.39, 0.29) is 68.1 Å². The monoisotopic (exact) mass is 250 g/mol. The number of hydrogen-bond acceptors (Lipinski definition) is 1. The molecule has 0 atom stereocenters. The maximum absolute atomic E-state index is 8.56. The summed E-state index contributed by atoms with van der Waals surface area (Å²) in [6.45, 7) is 0. The van der Waals surface area contributed by atoms with Gasteiger partial charge in [0.2, 0.25) is 0 Å². The molecule has 0 aromatic heterocycles. The topological polar surface area (TPSA) is 121 Å². The van der Waals surface area contributed by atoms with Gasteiger partial charge < -0.3 is 21.2 Å². The molecule has 8 heteroatoms. The summed E-state index contributed by atoms with van der Waals surface area (Å²) < 4.78 is 0. The van der Waals surface area contributed by atoms with E-state index in [0.29, 0.717) is 0 Å². The molecule has 0 saturated heterocycles. The van der Waals surface area contributed by atoms with Crippen molar-refractivity contribution >= 4 is 29.2 Å². The minimum atomic E-state index is -1.83. The van der Waals surface area contributed by atoms with Gasteiger partial charge in [0.1, 0.15) is 0 Å². The zero-order chi connectivity index (χ0) is 3.58. The third-order valence-electron chi connectivity index (χ3n) is 0. The molecule has 5 nitrogen and oxygen atoms in total. The molecule has 0 heterocycles. The molecule has 0 aliphatic rings. The van der Waals surface area contributed by atoms with Crippen LogP contribution in [0, 0.1) is 0 Å². The molecule has 0 aliphatic heterocycles. The van der Waals surface area contributed by atoms with E-state index >= 15 is 0 Å². The largest absolute Gasteiger partial charge is 0.503 e. The van der Waals surface area contributed by atoms with Crippen LogP contribution in [0.25, 0.3) is 0 Å². The second-order valence-corrected chi connectivity index (χ2v) is 0.283. The molecule has 9 heavy (non-hydrogen) atoms. The molecule has 0 spiro atoms. The van der Waals surface area contributed by atoms with E-state index in [0.717, 1.165) is 0 Å². The molecule has 6 N–H and O–H groups in total. The van der Waals surface area contributed by atoms with Gasteiger partial charge in [0.05, 0.1) is 0 Å². The molecular formula is CH8Cu2MgO5. The van der Waals surface area contributed by atoms with Crippen molar-refractivity contribution in [2.75, 3.05) is 0 Å². The Labute approximate surface area is 88.9 Å². The van der Waals surface area contributed by atoms with Gasteiger partial charge in [-0.15, -0.1) is 0 Å².